The predicted molar refractivity (Wildman–Crippen MR) is 65.0 cm³/mol. The third-order valence-electron chi connectivity index (χ3n) is 2.05. The normalized spacial score (nSPS) is 12.9. The van der Waals surface area contributed by atoms with E-state index in [9.17, 15) is 4.79 Å². The molecule has 0 radical (unpaired) electrons. The third kappa shape index (κ3) is 3.68. The van der Waals surface area contributed by atoms with Crippen molar-refractivity contribution in [3.63, 3.8) is 0 Å². The highest BCUT2D eigenvalue weighted by Gasteiger charge is 2.10. The van der Waals surface area contributed by atoms with Crippen LogP contribution in [0.2, 0.25) is 0 Å². The molecule has 0 fully saturated rings. The van der Waals surface area contributed by atoms with Gasteiger partial charge in [0.25, 0.3) is 0 Å². The molecule has 0 bridgehead atoms. The van der Waals surface area contributed by atoms with Crippen LogP contribution in [-0.2, 0) is 4.79 Å². The van der Waals surface area contributed by atoms with Gasteiger partial charge in [0, 0.05) is 10.1 Å². The van der Waals surface area contributed by atoms with Crippen LogP contribution in [0.15, 0.2) is 29.2 Å². The van der Waals surface area contributed by atoms with Crippen molar-refractivity contribution in [1.82, 2.24) is 0 Å². The summed E-state index contributed by atoms with van der Waals surface area (Å²) in [5.41, 5.74) is 6.62. The van der Waals surface area contributed by atoms with E-state index in [-0.39, 0.29) is 5.78 Å². The maximum absolute atomic E-state index is 11.1. The average molecular weight is 223 g/mol. The Morgan fingerprint density at radius 3 is 2.20 bits per heavy atom. The highest BCUT2D eigenvalue weighted by atomic mass is 32.2. The number of rotatable bonds is 4. The molecule has 1 unspecified atom stereocenters. The largest absolute Gasteiger partial charge is 0.318 e. The van der Waals surface area contributed by atoms with Gasteiger partial charge in [-0.15, -0.1) is 11.8 Å². The van der Waals surface area contributed by atoms with Crippen LogP contribution in [-0.4, -0.2) is 11.0 Å². The Balaban J connectivity index is 2.76. The van der Waals surface area contributed by atoms with Crippen LogP contribution in [0.3, 0.4) is 0 Å². The summed E-state index contributed by atoms with van der Waals surface area (Å²) in [6.07, 6.45) is 0. The Kier molecular flexibility index (Phi) is 4.36. The van der Waals surface area contributed by atoms with Crippen LogP contribution in [0.4, 0.5) is 0 Å². The molecule has 3 heteroatoms. The second kappa shape index (κ2) is 5.33. The van der Waals surface area contributed by atoms with Gasteiger partial charge in [0.15, 0.2) is 5.78 Å². The van der Waals surface area contributed by atoms with Crippen molar-refractivity contribution in [3.8, 4) is 0 Å². The second-order valence-corrected chi connectivity index (χ2v) is 5.47. The lowest BCUT2D eigenvalue weighted by Crippen LogP contribution is -2.18. The monoisotopic (exact) mass is 223 g/mol. The quantitative estimate of drug-likeness (QED) is 0.798. The van der Waals surface area contributed by atoms with E-state index in [4.69, 9.17) is 5.73 Å². The van der Waals surface area contributed by atoms with Crippen LogP contribution < -0.4 is 5.73 Å². The summed E-state index contributed by atoms with van der Waals surface area (Å²) in [5.74, 6) is -0.000683. The zero-order valence-corrected chi connectivity index (χ0v) is 10.2. The van der Waals surface area contributed by atoms with Crippen LogP contribution in [0.1, 0.15) is 32.4 Å². The molecule has 0 spiro atoms. The Morgan fingerprint density at radius 1 is 1.27 bits per heavy atom. The van der Waals surface area contributed by atoms with Gasteiger partial charge in [-0.3, -0.25) is 4.79 Å². The molecule has 0 amide bonds. The van der Waals surface area contributed by atoms with Crippen molar-refractivity contribution in [2.45, 2.75) is 37.0 Å². The van der Waals surface area contributed by atoms with Crippen molar-refractivity contribution in [2.75, 3.05) is 0 Å². The van der Waals surface area contributed by atoms with Crippen molar-refractivity contribution >= 4 is 17.5 Å². The molecule has 1 atom stereocenters. The van der Waals surface area contributed by atoms with E-state index in [0.29, 0.717) is 5.25 Å². The van der Waals surface area contributed by atoms with Gasteiger partial charge in [0.05, 0.1) is 6.04 Å². The fourth-order valence-electron chi connectivity index (χ4n) is 1.26. The summed E-state index contributed by atoms with van der Waals surface area (Å²) in [6, 6.07) is 7.40. The number of nitrogens with two attached hydrogens (primary N) is 1. The summed E-state index contributed by atoms with van der Waals surface area (Å²) < 4.78 is 0. The first-order valence-corrected chi connectivity index (χ1v) is 5.91. The maximum atomic E-state index is 11.1. The fraction of sp³-hybridized carbons (Fsp3) is 0.417. The smallest absolute Gasteiger partial charge is 0.150 e. The lowest BCUT2D eigenvalue weighted by molar-refractivity contribution is -0.118. The average Bonchev–Trinajstić information content (AvgIpc) is 2.17. The Labute approximate surface area is 95.2 Å². The minimum Gasteiger partial charge on any atom is -0.318 e. The van der Waals surface area contributed by atoms with Gasteiger partial charge in [-0.2, -0.15) is 0 Å². The second-order valence-electron chi connectivity index (χ2n) is 3.82. The first kappa shape index (κ1) is 12.3. The van der Waals surface area contributed by atoms with Crippen molar-refractivity contribution in [2.24, 2.45) is 5.73 Å². The van der Waals surface area contributed by atoms with E-state index in [2.05, 4.69) is 13.8 Å². The summed E-state index contributed by atoms with van der Waals surface area (Å²) in [5, 5.41) is 0.567. The minimum atomic E-state index is -0.483. The fourth-order valence-corrected chi connectivity index (χ4v) is 2.10. The first-order valence-electron chi connectivity index (χ1n) is 5.03. The SMILES string of the molecule is CC(=O)C(N)c1ccc(SC(C)C)cc1. The molecule has 2 N–H and O–H groups in total. The minimum absolute atomic E-state index is 0.000683. The molecule has 0 aliphatic rings. The lowest BCUT2D eigenvalue weighted by atomic mass is 10.1. The van der Waals surface area contributed by atoms with E-state index >= 15 is 0 Å². The van der Waals surface area contributed by atoms with Gasteiger partial charge in [-0.1, -0.05) is 26.0 Å². The number of hydrogen-bond acceptors (Lipinski definition) is 3. The number of ketones is 1. The number of Topliss-reactive ketones (excluding diaryl/α,β-unsaturated/α-hetero) is 1. The highest BCUT2D eigenvalue weighted by Crippen LogP contribution is 2.24. The molecular weight excluding hydrogens is 206 g/mol. The number of hydrogen-bond donors (Lipinski definition) is 1. The summed E-state index contributed by atoms with van der Waals surface area (Å²) in [4.78, 5) is 12.3. The lowest BCUT2D eigenvalue weighted by Gasteiger charge is -2.09. The van der Waals surface area contributed by atoms with Gasteiger partial charge in [0.1, 0.15) is 0 Å². The molecule has 0 aromatic heterocycles. The number of thioether (sulfide) groups is 1. The van der Waals surface area contributed by atoms with Gasteiger partial charge in [-0.05, 0) is 24.6 Å². The Morgan fingerprint density at radius 2 is 1.80 bits per heavy atom. The molecule has 0 heterocycles. The molecule has 1 rings (SSSR count). The van der Waals surface area contributed by atoms with Gasteiger partial charge in [-0.25, -0.2) is 0 Å². The molecule has 2 nitrogen and oxygen atoms in total. The van der Waals surface area contributed by atoms with Gasteiger partial charge < -0.3 is 5.73 Å². The zero-order chi connectivity index (χ0) is 11.4. The predicted octanol–water partition coefficient (Wildman–Crippen LogP) is 2.78. The molecule has 82 valence electrons. The van der Waals surface area contributed by atoms with E-state index in [1.54, 1.807) is 11.8 Å². The topological polar surface area (TPSA) is 43.1 Å². The molecule has 0 aliphatic heterocycles. The van der Waals surface area contributed by atoms with Crippen molar-refractivity contribution < 1.29 is 4.79 Å². The first-order chi connectivity index (χ1) is 7.00. The molecule has 15 heavy (non-hydrogen) atoms. The van der Waals surface area contributed by atoms with Crippen LogP contribution in [0.5, 0.6) is 0 Å². The summed E-state index contributed by atoms with van der Waals surface area (Å²) in [7, 11) is 0. The molecule has 1 aromatic carbocycles. The van der Waals surface area contributed by atoms with Gasteiger partial charge >= 0.3 is 0 Å². The maximum Gasteiger partial charge on any atom is 0.150 e. The molecule has 0 saturated carbocycles. The van der Waals surface area contributed by atoms with Crippen molar-refractivity contribution in [1.29, 1.82) is 0 Å². The third-order valence-corrected chi connectivity index (χ3v) is 3.06. The number of carbonyl (C=O) groups excluding carboxylic acids is 1. The van der Waals surface area contributed by atoms with Crippen LogP contribution in [0.25, 0.3) is 0 Å². The molecule has 0 saturated heterocycles. The van der Waals surface area contributed by atoms with E-state index in [0.717, 1.165) is 5.56 Å². The molecular formula is C12H17NOS. The zero-order valence-electron chi connectivity index (χ0n) is 9.36. The Hall–Kier alpha value is -0.800. The van der Waals surface area contributed by atoms with E-state index in [1.807, 2.05) is 24.3 Å². The van der Waals surface area contributed by atoms with Crippen LogP contribution >= 0.6 is 11.8 Å². The number of benzene rings is 1. The standard InChI is InChI=1S/C12H17NOS/c1-8(2)15-11-6-4-10(5-7-11)12(13)9(3)14/h4-8,12H,13H2,1-3H3. The van der Waals surface area contributed by atoms with Crippen molar-refractivity contribution in [3.05, 3.63) is 29.8 Å². The molecule has 0 aliphatic carbocycles. The van der Waals surface area contributed by atoms with E-state index in [1.165, 1.54) is 11.8 Å². The summed E-state index contributed by atoms with van der Waals surface area (Å²) in [6.45, 7) is 5.82. The van der Waals surface area contributed by atoms with Gasteiger partial charge in [0.2, 0.25) is 0 Å². The van der Waals surface area contributed by atoms with E-state index < -0.39 is 6.04 Å². The summed E-state index contributed by atoms with van der Waals surface area (Å²) >= 11 is 1.80. The van der Waals surface area contributed by atoms with Crippen LogP contribution in [0, 0.1) is 0 Å². The Bertz CT molecular complexity index is 332. The molecule has 1 aromatic rings. The highest BCUT2D eigenvalue weighted by molar-refractivity contribution is 7.99. The number of carbonyl (C=O) groups is 1.